The summed E-state index contributed by atoms with van der Waals surface area (Å²) in [6.45, 7) is 4.53. The SMILES string of the molecule is CCCCCCOc1ccc(-c2ccc(OC(C)C(=O)OCc3ccccc3)cc2)cc1F. The number of hydrogen-bond acceptors (Lipinski definition) is 4. The third-order valence-corrected chi connectivity index (χ3v) is 5.24. The van der Waals surface area contributed by atoms with E-state index in [9.17, 15) is 9.18 Å². The molecule has 174 valence electrons. The molecule has 1 unspecified atom stereocenters. The lowest BCUT2D eigenvalue weighted by molar-refractivity contribution is -0.152. The molecular weight excluding hydrogens is 419 g/mol. The molecule has 1 atom stereocenters. The van der Waals surface area contributed by atoms with Gasteiger partial charge in [-0.15, -0.1) is 0 Å². The second kappa shape index (κ2) is 12.6. The van der Waals surface area contributed by atoms with Crippen molar-refractivity contribution < 1.29 is 23.4 Å². The minimum atomic E-state index is -0.745. The van der Waals surface area contributed by atoms with Gasteiger partial charge < -0.3 is 14.2 Å². The first-order valence-corrected chi connectivity index (χ1v) is 11.5. The van der Waals surface area contributed by atoms with Crippen molar-refractivity contribution in [2.75, 3.05) is 6.61 Å². The molecule has 3 rings (SSSR count). The topological polar surface area (TPSA) is 44.8 Å². The summed E-state index contributed by atoms with van der Waals surface area (Å²) in [5, 5.41) is 0. The fourth-order valence-electron chi connectivity index (χ4n) is 3.33. The summed E-state index contributed by atoms with van der Waals surface area (Å²) < 4.78 is 31.0. The van der Waals surface area contributed by atoms with Crippen molar-refractivity contribution in [2.24, 2.45) is 0 Å². The highest BCUT2D eigenvalue weighted by Gasteiger charge is 2.16. The molecular formula is C28H31FO4. The smallest absolute Gasteiger partial charge is 0.347 e. The van der Waals surface area contributed by atoms with Gasteiger partial charge in [0.25, 0.3) is 0 Å². The molecule has 0 aromatic heterocycles. The number of carbonyl (C=O) groups excluding carboxylic acids is 1. The Labute approximate surface area is 195 Å². The molecule has 5 heteroatoms. The van der Waals surface area contributed by atoms with Crippen LogP contribution in [0.4, 0.5) is 4.39 Å². The average Bonchev–Trinajstić information content (AvgIpc) is 2.84. The van der Waals surface area contributed by atoms with E-state index >= 15 is 0 Å². The second-order valence-electron chi connectivity index (χ2n) is 7.93. The summed E-state index contributed by atoms with van der Waals surface area (Å²) in [7, 11) is 0. The zero-order valence-electron chi connectivity index (χ0n) is 19.3. The molecule has 0 N–H and O–H groups in total. The van der Waals surface area contributed by atoms with Crippen molar-refractivity contribution in [3.8, 4) is 22.6 Å². The summed E-state index contributed by atoms with van der Waals surface area (Å²) in [5.41, 5.74) is 2.50. The highest BCUT2D eigenvalue weighted by Crippen LogP contribution is 2.27. The van der Waals surface area contributed by atoms with E-state index in [1.165, 1.54) is 6.07 Å². The van der Waals surface area contributed by atoms with Gasteiger partial charge in [-0.3, -0.25) is 0 Å². The van der Waals surface area contributed by atoms with Crippen molar-refractivity contribution in [3.05, 3.63) is 84.2 Å². The molecule has 4 nitrogen and oxygen atoms in total. The van der Waals surface area contributed by atoms with Crippen molar-refractivity contribution in [1.29, 1.82) is 0 Å². The van der Waals surface area contributed by atoms with Crippen LogP contribution in [0.1, 0.15) is 45.1 Å². The molecule has 0 radical (unpaired) electrons. The predicted octanol–water partition coefficient (Wildman–Crippen LogP) is 6.96. The van der Waals surface area contributed by atoms with Gasteiger partial charge in [0.1, 0.15) is 12.4 Å². The van der Waals surface area contributed by atoms with Crippen molar-refractivity contribution in [3.63, 3.8) is 0 Å². The highest BCUT2D eigenvalue weighted by atomic mass is 19.1. The Morgan fingerprint density at radius 2 is 1.64 bits per heavy atom. The van der Waals surface area contributed by atoms with E-state index < -0.39 is 12.1 Å². The average molecular weight is 451 g/mol. The summed E-state index contributed by atoms with van der Waals surface area (Å²) in [6, 6.07) is 21.6. The van der Waals surface area contributed by atoms with E-state index in [4.69, 9.17) is 14.2 Å². The van der Waals surface area contributed by atoms with E-state index in [0.29, 0.717) is 12.4 Å². The predicted molar refractivity (Wildman–Crippen MR) is 128 cm³/mol. The Morgan fingerprint density at radius 3 is 2.33 bits per heavy atom. The van der Waals surface area contributed by atoms with Crippen LogP contribution in [-0.4, -0.2) is 18.7 Å². The standard InChI is InChI=1S/C28H31FO4/c1-3-4-5-9-18-31-27-17-14-24(19-26(27)29)23-12-15-25(16-13-23)33-21(2)28(30)32-20-22-10-7-6-8-11-22/h6-8,10-17,19,21H,3-5,9,18,20H2,1-2H3. The summed E-state index contributed by atoms with van der Waals surface area (Å²) >= 11 is 0. The number of unbranched alkanes of at least 4 members (excludes halogenated alkanes) is 3. The molecule has 0 bridgehead atoms. The lowest BCUT2D eigenvalue weighted by Crippen LogP contribution is -2.26. The Bertz CT molecular complexity index is 1000. The maximum atomic E-state index is 14.4. The lowest BCUT2D eigenvalue weighted by Gasteiger charge is -2.14. The molecule has 0 saturated carbocycles. The number of halogens is 1. The molecule has 0 amide bonds. The largest absolute Gasteiger partial charge is 0.491 e. The molecule has 3 aromatic rings. The molecule has 0 heterocycles. The van der Waals surface area contributed by atoms with Crippen molar-refractivity contribution in [1.82, 2.24) is 0 Å². The maximum absolute atomic E-state index is 14.4. The molecule has 0 aliphatic carbocycles. The van der Waals surface area contributed by atoms with Crippen LogP contribution in [-0.2, 0) is 16.1 Å². The van der Waals surface area contributed by atoms with Gasteiger partial charge in [-0.05, 0) is 54.3 Å². The van der Waals surface area contributed by atoms with Gasteiger partial charge in [-0.25, -0.2) is 9.18 Å². The van der Waals surface area contributed by atoms with Gasteiger partial charge in [-0.2, -0.15) is 0 Å². The van der Waals surface area contributed by atoms with Gasteiger partial charge in [0.15, 0.2) is 17.7 Å². The molecule has 0 saturated heterocycles. The highest BCUT2D eigenvalue weighted by molar-refractivity contribution is 5.74. The molecule has 3 aromatic carbocycles. The number of hydrogen-bond donors (Lipinski definition) is 0. The fourth-order valence-corrected chi connectivity index (χ4v) is 3.33. The van der Waals surface area contributed by atoms with Gasteiger partial charge in [0.05, 0.1) is 6.61 Å². The minimum absolute atomic E-state index is 0.205. The minimum Gasteiger partial charge on any atom is -0.491 e. The summed E-state index contributed by atoms with van der Waals surface area (Å²) in [6.07, 6.45) is 3.59. The Balaban J connectivity index is 1.51. The van der Waals surface area contributed by atoms with Gasteiger partial charge in [-0.1, -0.05) is 74.7 Å². The molecule has 33 heavy (non-hydrogen) atoms. The zero-order valence-corrected chi connectivity index (χ0v) is 19.3. The molecule has 0 fully saturated rings. The van der Waals surface area contributed by atoms with Gasteiger partial charge in [0.2, 0.25) is 0 Å². The monoisotopic (exact) mass is 450 g/mol. The quantitative estimate of drug-likeness (QED) is 0.221. The van der Waals surface area contributed by atoms with Crippen LogP contribution in [0.3, 0.4) is 0 Å². The van der Waals surface area contributed by atoms with Crippen LogP contribution in [0.2, 0.25) is 0 Å². The third kappa shape index (κ3) is 7.63. The van der Waals surface area contributed by atoms with Crippen LogP contribution in [0.15, 0.2) is 72.8 Å². The van der Waals surface area contributed by atoms with E-state index in [1.807, 2.05) is 48.5 Å². The van der Waals surface area contributed by atoms with Gasteiger partial charge >= 0.3 is 5.97 Å². The van der Waals surface area contributed by atoms with Crippen LogP contribution in [0, 0.1) is 5.82 Å². The van der Waals surface area contributed by atoms with Crippen LogP contribution >= 0.6 is 0 Å². The second-order valence-corrected chi connectivity index (χ2v) is 7.93. The first kappa shape index (κ1) is 24.3. The van der Waals surface area contributed by atoms with Crippen molar-refractivity contribution in [2.45, 2.75) is 52.2 Å². The fraction of sp³-hybridized carbons (Fsp3) is 0.321. The number of ether oxygens (including phenoxy) is 3. The van der Waals surface area contributed by atoms with E-state index in [0.717, 1.165) is 42.4 Å². The number of rotatable bonds is 12. The Morgan fingerprint density at radius 1 is 0.909 bits per heavy atom. The first-order chi connectivity index (χ1) is 16.1. The molecule has 0 aliphatic heterocycles. The van der Waals surface area contributed by atoms with Crippen LogP contribution in [0.25, 0.3) is 11.1 Å². The normalized spacial score (nSPS) is 11.6. The van der Waals surface area contributed by atoms with Crippen LogP contribution < -0.4 is 9.47 Å². The maximum Gasteiger partial charge on any atom is 0.347 e. The van der Waals surface area contributed by atoms with E-state index in [-0.39, 0.29) is 18.2 Å². The third-order valence-electron chi connectivity index (χ3n) is 5.24. The lowest BCUT2D eigenvalue weighted by atomic mass is 10.1. The van der Waals surface area contributed by atoms with Crippen LogP contribution in [0.5, 0.6) is 11.5 Å². The first-order valence-electron chi connectivity index (χ1n) is 11.5. The van der Waals surface area contributed by atoms with Gasteiger partial charge in [0, 0.05) is 0 Å². The molecule has 0 spiro atoms. The van der Waals surface area contributed by atoms with Crippen molar-refractivity contribution >= 4 is 5.97 Å². The number of benzene rings is 3. The molecule has 0 aliphatic rings. The Hall–Kier alpha value is -3.34. The van der Waals surface area contributed by atoms with E-state index in [1.54, 1.807) is 25.1 Å². The zero-order chi connectivity index (χ0) is 23.5. The number of carbonyl (C=O) groups is 1. The summed E-state index contributed by atoms with van der Waals surface area (Å²) in [5.74, 6) is 0.00171. The Kier molecular flexibility index (Phi) is 9.31. The number of esters is 1. The van der Waals surface area contributed by atoms with E-state index in [2.05, 4.69) is 6.92 Å². The summed E-state index contributed by atoms with van der Waals surface area (Å²) in [4.78, 5) is 12.2.